The normalized spacial score (nSPS) is 11.3. The van der Waals surface area contributed by atoms with E-state index in [9.17, 15) is 8.42 Å². The van der Waals surface area contributed by atoms with Crippen molar-refractivity contribution in [3.8, 4) is 5.75 Å². The Balaban J connectivity index is 2.65. The number of alkyl halides is 1. The molecule has 0 radical (unpaired) electrons. The van der Waals surface area contributed by atoms with Crippen molar-refractivity contribution in [2.75, 3.05) is 11.8 Å². The number of nitrogens with one attached hydrogen (secondary N) is 1. The second kappa shape index (κ2) is 5.48. The maximum Gasteiger partial charge on any atom is 0.221 e. The summed E-state index contributed by atoms with van der Waals surface area (Å²) in [6.45, 7) is 0.269. The molecule has 0 fully saturated rings. The molecule has 0 aliphatic carbocycles. The molecule has 1 aromatic carbocycles. The predicted molar refractivity (Wildman–Crippen MR) is 62.5 cm³/mol. The molecule has 0 aromatic heterocycles. The van der Waals surface area contributed by atoms with E-state index in [0.717, 1.165) is 5.56 Å². The smallest absolute Gasteiger partial charge is 0.221 e. The number of hydrogen-bond donors (Lipinski definition) is 1. The first-order valence-corrected chi connectivity index (χ1v) is 7.01. The fraction of sp³-hybridized carbons (Fsp3) is 0.333. The second-order valence-electron chi connectivity index (χ2n) is 2.90. The fourth-order valence-electron chi connectivity index (χ4n) is 1.01. The summed E-state index contributed by atoms with van der Waals surface area (Å²) in [5.41, 5.74) is 0.860. The van der Waals surface area contributed by atoms with Gasteiger partial charge >= 0.3 is 0 Å². The SMILES string of the molecule is COc1cccc(CNS(=O)(=O)CBr)c1. The van der Waals surface area contributed by atoms with Crippen molar-refractivity contribution in [2.45, 2.75) is 6.54 Å². The van der Waals surface area contributed by atoms with Crippen LogP contribution in [0.25, 0.3) is 0 Å². The van der Waals surface area contributed by atoms with Gasteiger partial charge in [-0.15, -0.1) is 0 Å². The van der Waals surface area contributed by atoms with Crippen LogP contribution in [-0.2, 0) is 16.6 Å². The van der Waals surface area contributed by atoms with Crippen molar-refractivity contribution in [1.82, 2.24) is 4.72 Å². The van der Waals surface area contributed by atoms with Crippen LogP contribution in [0, 0.1) is 0 Å². The largest absolute Gasteiger partial charge is 0.497 e. The van der Waals surface area contributed by atoms with Crippen LogP contribution in [0.2, 0.25) is 0 Å². The van der Waals surface area contributed by atoms with E-state index in [0.29, 0.717) is 5.75 Å². The van der Waals surface area contributed by atoms with Gasteiger partial charge in [0.15, 0.2) is 0 Å². The quantitative estimate of drug-likeness (QED) is 0.837. The monoisotopic (exact) mass is 293 g/mol. The summed E-state index contributed by atoms with van der Waals surface area (Å²) >= 11 is 2.90. The van der Waals surface area contributed by atoms with E-state index in [1.807, 2.05) is 18.2 Å². The Kier molecular flexibility index (Phi) is 4.56. The van der Waals surface area contributed by atoms with Crippen molar-refractivity contribution in [3.05, 3.63) is 29.8 Å². The van der Waals surface area contributed by atoms with E-state index in [1.165, 1.54) is 0 Å². The van der Waals surface area contributed by atoms with Gasteiger partial charge < -0.3 is 4.74 Å². The molecule has 4 nitrogen and oxygen atoms in total. The van der Waals surface area contributed by atoms with E-state index in [4.69, 9.17) is 4.74 Å². The first-order chi connectivity index (χ1) is 7.07. The Morgan fingerprint density at radius 3 is 2.80 bits per heavy atom. The van der Waals surface area contributed by atoms with E-state index in [-0.39, 0.29) is 11.2 Å². The lowest BCUT2D eigenvalue weighted by molar-refractivity contribution is 0.414. The van der Waals surface area contributed by atoms with Gasteiger partial charge in [0.1, 0.15) is 10.4 Å². The van der Waals surface area contributed by atoms with Crippen LogP contribution in [-0.4, -0.2) is 20.2 Å². The van der Waals surface area contributed by atoms with Crippen LogP contribution in [0.4, 0.5) is 0 Å². The number of benzene rings is 1. The summed E-state index contributed by atoms with van der Waals surface area (Å²) in [7, 11) is -1.64. The molecule has 15 heavy (non-hydrogen) atoms. The molecular weight excluding hydrogens is 282 g/mol. The summed E-state index contributed by atoms with van der Waals surface area (Å²) in [5, 5.41) is 0. The average Bonchev–Trinajstić information content (AvgIpc) is 2.27. The molecule has 6 heteroatoms. The fourth-order valence-corrected chi connectivity index (χ4v) is 1.96. The van der Waals surface area contributed by atoms with Gasteiger partial charge in [-0.2, -0.15) is 0 Å². The van der Waals surface area contributed by atoms with Crippen LogP contribution >= 0.6 is 15.9 Å². The number of sulfonamides is 1. The minimum Gasteiger partial charge on any atom is -0.497 e. The predicted octanol–water partition coefficient (Wildman–Crippen LogP) is 1.47. The maximum absolute atomic E-state index is 11.1. The van der Waals surface area contributed by atoms with Gasteiger partial charge in [0.2, 0.25) is 10.0 Å². The molecule has 0 unspecified atom stereocenters. The highest BCUT2D eigenvalue weighted by Gasteiger charge is 2.06. The second-order valence-corrected chi connectivity index (χ2v) is 6.01. The molecule has 84 valence electrons. The van der Waals surface area contributed by atoms with Gasteiger partial charge in [0, 0.05) is 6.54 Å². The molecule has 0 aliphatic rings. The average molecular weight is 294 g/mol. The molecule has 1 N–H and O–H groups in total. The van der Waals surface area contributed by atoms with E-state index in [2.05, 4.69) is 20.7 Å². The third kappa shape index (κ3) is 4.19. The summed E-state index contributed by atoms with van der Waals surface area (Å²) < 4.78 is 29.7. The Morgan fingerprint density at radius 2 is 2.20 bits per heavy atom. The van der Waals surface area contributed by atoms with Crippen LogP contribution in [0.1, 0.15) is 5.56 Å². The molecule has 0 saturated carbocycles. The Bertz CT molecular complexity index is 419. The lowest BCUT2D eigenvalue weighted by Crippen LogP contribution is -2.23. The first-order valence-electron chi connectivity index (χ1n) is 4.23. The number of hydrogen-bond acceptors (Lipinski definition) is 3. The summed E-state index contributed by atoms with van der Waals surface area (Å²) in [5.74, 6) is 0.713. The Morgan fingerprint density at radius 1 is 1.47 bits per heavy atom. The zero-order valence-electron chi connectivity index (χ0n) is 8.23. The molecule has 0 atom stereocenters. The lowest BCUT2D eigenvalue weighted by atomic mass is 10.2. The van der Waals surface area contributed by atoms with Crippen molar-refractivity contribution in [3.63, 3.8) is 0 Å². The zero-order valence-corrected chi connectivity index (χ0v) is 10.6. The van der Waals surface area contributed by atoms with Crippen LogP contribution in [0.15, 0.2) is 24.3 Å². The van der Waals surface area contributed by atoms with Crippen molar-refractivity contribution in [1.29, 1.82) is 0 Å². The van der Waals surface area contributed by atoms with Gasteiger partial charge in [0.05, 0.1) is 7.11 Å². The van der Waals surface area contributed by atoms with Crippen LogP contribution < -0.4 is 9.46 Å². The maximum atomic E-state index is 11.1. The van der Waals surface area contributed by atoms with Gasteiger partial charge in [-0.25, -0.2) is 13.1 Å². The van der Waals surface area contributed by atoms with Gasteiger partial charge in [-0.1, -0.05) is 28.1 Å². The molecule has 0 amide bonds. The molecule has 1 rings (SSSR count). The highest BCUT2D eigenvalue weighted by Crippen LogP contribution is 2.12. The summed E-state index contributed by atoms with van der Waals surface area (Å²) in [6, 6.07) is 7.25. The molecule has 1 aromatic rings. The third-order valence-corrected chi connectivity index (χ3v) is 4.45. The molecule has 0 aliphatic heterocycles. The molecule has 0 spiro atoms. The summed E-state index contributed by atoms with van der Waals surface area (Å²) in [4.78, 5) is 0. The number of halogens is 1. The molecule has 0 heterocycles. The van der Waals surface area contributed by atoms with Gasteiger partial charge in [-0.05, 0) is 17.7 Å². The highest BCUT2D eigenvalue weighted by molar-refractivity contribution is 9.10. The first kappa shape index (κ1) is 12.5. The van der Waals surface area contributed by atoms with Crippen molar-refractivity contribution >= 4 is 26.0 Å². The summed E-state index contributed by atoms with van der Waals surface area (Å²) in [6.07, 6.45) is 0. The van der Waals surface area contributed by atoms with Gasteiger partial charge in [-0.3, -0.25) is 0 Å². The molecular formula is C9H12BrNO3S. The standard InChI is InChI=1S/C9H12BrNO3S/c1-14-9-4-2-3-8(5-9)6-11-15(12,13)7-10/h2-5,11H,6-7H2,1H3. The molecule has 0 bridgehead atoms. The van der Waals surface area contributed by atoms with E-state index < -0.39 is 10.0 Å². The van der Waals surface area contributed by atoms with E-state index >= 15 is 0 Å². The topological polar surface area (TPSA) is 55.4 Å². The molecule has 0 saturated heterocycles. The van der Waals surface area contributed by atoms with Crippen molar-refractivity contribution in [2.24, 2.45) is 0 Å². The minimum absolute atomic E-state index is 0.0933. The van der Waals surface area contributed by atoms with Crippen molar-refractivity contribution < 1.29 is 13.2 Å². The van der Waals surface area contributed by atoms with Gasteiger partial charge in [0.25, 0.3) is 0 Å². The van der Waals surface area contributed by atoms with Crippen LogP contribution in [0.3, 0.4) is 0 Å². The third-order valence-electron chi connectivity index (χ3n) is 1.77. The van der Waals surface area contributed by atoms with Crippen LogP contribution in [0.5, 0.6) is 5.75 Å². The minimum atomic E-state index is -3.21. The lowest BCUT2D eigenvalue weighted by Gasteiger charge is -2.05. The number of rotatable bonds is 5. The number of ether oxygens (including phenoxy) is 1. The van der Waals surface area contributed by atoms with E-state index in [1.54, 1.807) is 13.2 Å². The number of methoxy groups -OCH3 is 1. The highest BCUT2D eigenvalue weighted by atomic mass is 79.9. The zero-order chi connectivity index (χ0) is 11.3. The Labute approximate surface area is 97.8 Å². The Hall–Kier alpha value is -0.590.